The monoisotopic (exact) mass is 650 g/mol. The highest BCUT2D eigenvalue weighted by Crippen LogP contribution is 2.41. The van der Waals surface area contributed by atoms with Gasteiger partial charge >= 0.3 is 12.1 Å². The van der Waals surface area contributed by atoms with Crippen molar-refractivity contribution in [2.24, 2.45) is 22.3 Å². The predicted molar refractivity (Wildman–Crippen MR) is 177 cm³/mol. The number of hydrogen-bond donors (Lipinski definition) is 2. The van der Waals surface area contributed by atoms with Gasteiger partial charge in [0.05, 0.1) is 25.6 Å². The Labute approximate surface area is 269 Å². The summed E-state index contributed by atoms with van der Waals surface area (Å²) in [5, 5.41) is 0.989. The first kappa shape index (κ1) is 36.6. The number of unbranched alkanes of at least 4 members (excludes halogenated alkanes) is 2. The van der Waals surface area contributed by atoms with Crippen LogP contribution in [0.15, 0.2) is 42.5 Å². The molecular formula is C35H49F3N2O4S. The van der Waals surface area contributed by atoms with E-state index in [9.17, 15) is 18.0 Å². The third-order valence-electron chi connectivity index (χ3n) is 8.06. The van der Waals surface area contributed by atoms with E-state index in [1.165, 1.54) is 25.3 Å². The van der Waals surface area contributed by atoms with Crippen LogP contribution in [0.25, 0.3) is 20.5 Å². The maximum atomic E-state index is 13.6. The number of nitrogens with two attached hydrogens (primary N) is 2. The number of benzene rings is 2. The number of hydrogen-bond acceptors (Lipinski definition) is 7. The summed E-state index contributed by atoms with van der Waals surface area (Å²) >= 11 is 1.56. The lowest BCUT2D eigenvalue weighted by Gasteiger charge is -2.35. The molecule has 0 radical (unpaired) electrons. The predicted octanol–water partition coefficient (Wildman–Crippen LogP) is 8.67. The molecule has 3 aromatic rings. The highest BCUT2D eigenvalue weighted by atomic mass is 32.1. The van der Waals surface area contributed by atoms with Gasteiger partial charge in [-0.15, -0.1) is 11.3 Å². The van der Waals surface area contributed by atoms with Crippen LogP contribution in [0, 0.1) is 10.8 Å². The molecular weight excluding hydrogens is 601 g/mol. The fraction of sp³-hybridized carbons (Fsp3) is 0.571. The molecule has 250 valence electrons. The van der Waals surface area contributed by atoms with Crippen LogP contribution in [0.2, 0.25) is 0 Å². The van der Waals surface area contributed by atoms with Gasteiger partial charge < -0.3 is 25.7 Å². The van der Waals surface area contributed by atoms with E-state index >= 15 is 0 Å². The van der Waals surface area contributed by atoms with E-state index in [0.717, 1.165) is 39.1 Å². The van der Waals surface area contributed by atoms with Crippen molar-refractivity contribution >= 4 is 27.4 Å². The number of halogens is 3. The molecule has 45 heavy (non-hydrogen) atoms. The van der Waals surface area contributed by atoms with Crippen LogP contribution < -0.4 is 20.9 Å². The number of fused-ring (bicyclic) bond motifs is 1. The van der Waals surface area contributed by atoms with E-state index in [1.54, 1.807) is 52.2 Å². The zero-order valence-electron chi connectivity index (χ0n) is 27.6. The van der Waals surface area contributed by atoms with Crippen LogP contribution in [0.4, 0.5) is 13.2 Å². The number of ether oxygens (including phenoxy) is 3. The lowest BCUT2D eigenvalue weighted by Crippen LogP contribution is -2.50. The quantitative estimate of drug-likeness (QED) is 0.119. The number of thiophene rings is 1. The Balaban J connectivity index is 1.75. The summed E-state index contributed by atoms with van der Waals surface area (Å²) in [4.78, 5) is 14.0. The second kappa shape index (κ2) is 14.7. The van der Waals surface area contributed by atoms with Crippen LogP contribution in [0.3, 0.4) is 0 Å². The zero-order chi connectivity index (χ0) is 33.6. The third kappa shape index (κ3) is 10.6. The lowest BCUT2D eigenvalue weighted by atomic mass is 9.79. The first-order valence-corrected chi connectivity index (χ1v) is 16.3. The van der Waals surface area contributed by atoms with Crippen LogP contribution >= 0.6 is 11.3 Å². The van der Waals surface area contributed by atoms with Crippen molar-refractivity contribution in [1.82, 2.24) is 0 Å². The maximum absolute atomic E-state index is 13.6. The minimum Gasteiger partial charge on any atom is -0.496 e. The maximum Gasteiger partial charge on any atom is 0.389 e. The molecule has 0 aliphatic rings. The Morgan fingerprint density at radius 3 is 2.31 bits per heavy atom. The van der Waals surface area contributed by atoms with Gasteiger partial charge in [-0.3, -0.25) is 4.79 Å². The van der Waals surface area contributed by atoms with Crippen LogP contribution in [-0.2, 0) is 16.0 Å². The van der Waals surface area contributed by atoms with Gasteiger partial charge in [0.2, 0.25) is 0 Å². The van der Waals surface area contributed by atoms with E-state index < -0.39 is 47.6 Å². The molecule has 2 atom stereocenters. The van der Waals surface area contributed by atoms with Crippen LogP contribution in [0.5, 0.6) is 11.5 Å². The normalized spacial score (nSPS) is 14.7. The van der Waals surface area contributed by atoms with E-state index in [4.69, 9.17) is 25.7 Å². The smallest absolute Gasteiger partial charge is 0.389 e. The van der Waals surface area contributed by atoms with Gasteiger partial charge in [0.15, 0.2) is 0 Å². The van der Waals surface area contributed by atoms with Crippen LogP contribution in [-0.4, -0.2) is 44.0 Å². The Kier molecular flexibility index (Phi) is 12.0. The summed E-state index contributed by atoms with van der Waals surface area (Å²) in [6.07, 6.45) is -0.851. The van der Waals surface area contributed by atoms with E-state index in [2.05, 4.69) is 31.2 Å². The molecule has 0 amide bonds. The summed E-state index contributed by atoms with van der Waals surface area (Å²) < 4.78 is 59.0. The third-order valence-corrected chi connectivity index (χ3v) is 9.19. The van der Waals surface area contributed by atoms with Crippen molar-refractivity contribution in [2.45, 2.75) is 97.8 Å². The minimum absolute atomic E-state index is 0.306. The van der Waals surface area contributed by atoms with Gasteiger partial charge in [0.1, 0.15) is 18.1 Å². The Bertz CT molecular complexity index is 1430. The number of rotatable bonds is 16. The average molecular weight is 651 g/mol. The van der Waals surface area contributed by atoms with Crippen molar-refractivity contribution in [1.29, 1.82) is 0 Å². The zero-order valence-corrected chi connectivity index (χ0v) is 28.4. The van der Waals surface area contributed by atoms with Gasteiger partial charge in [-0.1, -0.05) is 32.8 Å². The van der Waals surface area contributed by atoms with Crippen molar-refractivity contribution in [2.75, 3.05) is 20.3 Å². The second-order valence-electron chi connectivity index (χ2n) is 13.8. The molecule has 10 heteroatoms. The number of methoxy groups -OCH3 is 1. The van der Waals surface area contributed by atoms with Crippen molar-refractivity contribution in [3.05, 3.63) is 48.0 Å². The van der Waals surface area contributed by atoms with E-state index in [-0.39, 0.29) is 6.61 Å². The molecule has 2 unspecified atom stereocenters. The van der Waals surface area contributed by atoms with Gasteiger partial charge in [-0.05, 0) is 94.3 Å². The second-order valence-corrected chi connectivity index (χ2v) is 14.9. The van der Waals surface area contributed by atoms with E-state index in [1.807, 2.05) is 12.1 Å². The summed E-state index contributed by atoms with van der Waals surface area (Å²) in [7, 11) is 1.67. The van der Waals surface area contributed by atoms with Gasteiger partial charge in [-0.2, -0.15) is 13.2 Å². The Morgan fingerprint density at radius 2 is 1.69 bits per heavy atom. The van der Waals surface area contributed by atoms with E-state index in [0.29, 0.717) is 12.2 Å². The summed E-state index contributed by atoms with van der Waals surface area (Å²) in [5.41, 5.74) is 11.2. The SMILES string of the molecule is CCCCCc1ccc(-c2cc3ccc(OCC(C)(COC(=O)C(C)(C)C(N)CC(C)(C)N)CC(F)(F)F)cc3s2)c(OC)c1. The number of aryl methyl sites for hydroxylation is 1. The number of alkyl halides is 3. The molecule has 1 aromatic heterocycles. The van der Waals surface area contributed by atoms with Crippen molar-refractivity contribution < 1.29 is 32.2 Å². The molecule has 4 N–H and O–H groups in total. The minimum atomic E-state index is -4.49. The molecule has 6 nitrogen and oxygen atoms in total. The first-order chi connectivity index (χ1) is 20.9. The van der Waals surface area contributed by atoms with Gasteiger partial charge in [0, 0.05) is 32.1 Å². The average Bonchev–Trinajstić information content (AvgIpc) is 3.36. The van der Waals surface area contributed by atoms with Crippen molar-refractivity contribution in [3.63, 3.8) is 0 Å². The summed E-state index contributed by atoms with van der Waals surface area (Å²) in [6.45, 7) is 9.63. The molecule has 1 heterocycles. The highest BCUT2D eigenvalue weighted by molar-refractivity contribution is 7.22. The summed E-state index contributed by atoms with van der Waals surface area (Å²) in [6, 6.07) is 13.2. The number of carbonyl (C=O) groups excluding carboxylic acids is 1. The van der Waals surface area contributed by atoms with Crippen LogP contribution in [0.1, 0.15) is 79.2 Å². The molecule has 2 aromatic carbocycles. The molecule has 0 fully saturated rings. The summed E-state index contributed by atoms with van der Waals surface area (Å²) in [5.74, 6) is 0.561. The molecule has 0 saturated carbocycles. The number of esters is 1. The molecule has 0 aliphatic heterocycles. The number of carbonyl (C=O) groups is 1. The van der Waals surface area contributed by atoms with Crippen molar-refractivity contribution in [3.8, 4) is 21.9 Å². The van der Waals surface area contributed by atoms with Gasteiger partial charge in [-0.25, -0.2) is 0 Å². The fourth-order valence-corrected chi connectivity index (χ4v) is 6.31. The largest absolute Gasteiger partial charge is 0.496 e. The highest BCUT2D eigenvalue weighted by Gasteiger charge is 2.43. The molecule has 0 saturated heterocycles. The molecule has 0 bridgehead atoms. The lowest BCUT2D eigenvalue weighted by molar-refractivity contribution is -0.179. The van der Waals surface area contributed by atoms with Gasteiger partial charge in [0.25, 0.3) is 0 Å². The standard InChI is InChI=1S/C35H49F3N2O4S/c1-8-9-10-11-23-12-15-26(27(16-23)42-7)29-17-24-13-14-25(18-28(24)45-29)43-21-34(6,20-35(36,37)38)22-44-31(41)33(4,5)30(39)19-32(2,3)40/h12-18,30H,8-11,19-22,39-40H2,1-7H3. The molecule has 3 rings (SSSR count). The Morgan fingerprint density at radius 1 is 0.978 bits per heavy atom. The molecule has 0 aliphatic carbocycles. The molecule has 0 spiro atoms. The fourth-order valence-electron chi connectivity index (χ4n) is 5.19. The first-order valence-electron chi connectivity index (χ1n) is 15.5. The Hall–Kier alpha value is -2.82. The topological polar surface area (TPSA) is 96.8 Å².